The Morgan fingerprint density at radius 1 is 1.06 bits per heavy atom. The molecule has 0 aliphatic rings. The first-order valence-corrected chi connectivity index (χ1v) is 6.31. The highest BCUT2D eigenvalue weighted by Gasteiger charge is 2.03. The van der Waals surface area contributed by atoms with E-state index in [9.17, 15) is 0 Å². The molecule has 0 radical (unpaired) electrons. The van der Waals surface area contributed by atoms with Gasteiger partial charge in [-0.2, -0.15) is 0 Å². The Hall–Kier alpha value is -1.96. The quantitative estimate of drug-likeness (QED) is 0.854. The molecule has 0 spiro atoms. The summed E-state index contributed by atoms with van der Waals surface area (Å²) in [7, 11) is 0. The molecule has 0 bridgehead atoms. The van der Waals surface area contributed by atoms with Gasteiger partial charge in [-0.3, -0.25) is 0 Å². The Balaban J connectivity index is 2.10. The van der Waals surface area contributed by atoms with Crippen molar-refractivity contribution < 1.29 is 4.74 Å². The molecule has 0 unspecified atom stereocenters. The molecule has 0 fully saturated rings. The third-order valence-electron chi connectivity index (χ3n) is 2.76. The number of rotatable bonds is 5. The number of hydrogen-bond donors (Lipinski definition) is 1. The highest BCUT2D eigenvalue weighted by molar-refractivity contribution is 5.58. The summed E-state index contributed by atoms with van der Waals surface area (Å²) in [4.78, 5) is 0. The zero-order chi connectivity index (χ0) is 12.8. The van der Waals surface area contributed by atoms with E-state index in [0.29, 0.717) is 6.61 Å². The second-order valence-electron chi connectivity index (χ2n) is 4.27. The largest absolute Gasteiger partial charge is 0.492 e. The van der Waals surface area contributed by atoms with Crippen molar-refractivity contribution in [1.82, 2.24) is 0 Å². The van der Waals surface area contributed by atoms with Crippen LogP contribution in [0.2, 0.25) is 0 Å². The van der Waals surface area contributed by atoms with Gasteiger partial charge in [0.15, 0.2) is 0 Å². The van der Waals surface area contributed by atoms with Crippen LogP contribution in [0, 0.1) is 6.92 Å². The summed E-state index contributed by atoms with van der Waals surface area (Å²) in [5, 5.41) is 3.43. The molecule has 0 atom stereocenters. The van der Waals surface area contributed by atoms with E-state index in [1.807, 2.05) is 19.1 Å². The lowest BCUT2D eigenvalue weighted by atomic mass is 10.2. The fourth-order valence-corrected chi connectivity index (χ4v) is 1.86. The number of hydrogen-bond acceptors (Lipinski definition) is 2. The molecule has 2 heteroatoms. The van der Waals surface area contributed by atoms with Gasteiger partial charge in [0.2, 0.25) is 0 Å². The molecular weight excluding hydrogens is 222 g/mol. The third-order valence-corrected chi connectivity index (χ3v) is 2.76. The Morgan fingerprint density at radius 2 is 1.83 bits per heavy atom. The van der Waals surface area contributed by atoms with E-state index in [1.54, 1.807) is 0 Å². The molecule has 2 aromatic rings. The molecule has 18 heavy (non-hydrogen) atoms. The SMILES string of the molecule is CCOc1ccc(C)cc1NCc1ccccc1. The van der Waals surface area contributed by atoms with Gasteiger partial charge >= 0.3 is 0 Å². The van der Waals surface area contributed by atoms with Crippen molar-refractivity contribution in [2.75, 3.05) is 11.9 Å². The minimum absolute atomic E-state index is 0.684. The van der Waals surface area contributed by atoms with E-state index >= 15 is 0 Å². The van der Waals surface area contributed by atoms with Gasteiger partial charge in [0, 0.05) is 6.54 Å². The first-order chi connectivity index (χ1) is 8.79. The molecule has 0 heterocycles. The van der Waals surface area contributed by atoms with Gasteiger partial charge in [0.05, 0.1) is 12.3 Å². The minimum Gasteiger partial charge on any atom is -0.492 e. The zero-order valence-corrected chi connectivity index (χ0v) is 10.9. The third kappa shape index (κ3) is 3.27. The van der Waals surface area contributed by atoms with E-state index in [-0.39, 0.29) is 0 Å². The van der Waals surface area contributed by atoms with Crippen LogP contribution in [0.1, 0.15) is 18.1 Å². The van der Waals surface area contributed by atoms with Gasteiger partial charge in [-0.15, -0.1) is 0 Å². The minimum atomic E-state index is 0.684. The number of benzene rings is 2. The van der Waals surface area contributed by atoms with Gasteiger partial charge in [-0.1, -0.05) is 36.4 Å². The monoisotopic (exact) mass is 241 g/mol. The molecule has 2 nitrogen and oxygen atoms in total. The van der Waals surface area contributed by atoms with Crippen molar-refractivity contribution in [3.63, 3.8) is 0 Å². The second kappa shape index (κ2) is 6.10. The maximum absolute atomic E-state index is 5.62. The molecule has 0 aliphatic heterocycles. The second-order valence-corrected chi connectivity index (χ2v) is 4.27. The maximum Gasteiger partial charge on any atom is 0.142 e. The smallest absolute Gasteiger partial charge is 0.142 e. The predicted octanol–water partition coefficient (Wildman–Crippen LogP) is 4.01. The Kier molecular flexibility index (Phi) is 4.24. The van der Waals surface area contributed by atoms with Crippen LogP contribution < -0.4 is 10.1 Å². The van der Waals surface area contributed by atoms with Crippen molar-refractivity contribution >= 4 is 5.69 Å². The summed E-state index contributed by atoms with van der Waals surface area (Å²) in [5.74, 6) is 0.916. The highest BCUT2D eigenvalue weighted by atomic mass is 16.5. The van der Waals surface area contributed by atoms with E-state index in [2.05, 4.69) is 48.6 Å². The van der Waals surface area contributed by atoms with E-state index < -0.39 is 0 Å². The zero-order valence-electron chi connectivity index (χ0n) is 10.9. The predicted molar refractivity (Wildman–Crippen MR) is 76.1 cm³/mol. The van der Waals surface area contributed by atoms with Crippen molar-refractivity contribution in [2.24, 2.45) is 0 Å². The fraction of sp³-hybridized carbons (Fsp3) is 0.250. The van der Waals surface area contributed by atoms with Gasteiger partial charge in [0.1, 0.15) is 5.75 Å². The van der Waals surface area contributed by atoms with Crippen LogP contribution in [0.15, 0.2) is 48.5 Å². The van der Waals surface area contributed by atoms with Crippen molar-refractivity contribution in [1.29, 1.82) is 0 Å². The number of ether oxygens (including phenoxy) is 1. The Labute approximate surface area is 109 Å². The summed E-state index contributed by atoms with van der Waals surface area (Å²) in [6, 6.07) is 16.6. The molecule has 2 aromatic carbocycles. The highest BCUT2D eigenvalue weighted by Crippen LogP contribution is 2.26. The lowest BCUT2D eigenvalue weighted by molar-refractivity contribution is 0.341. The Bertz CT molecular complexity index is 494. The summed E-state index contributed by atoms with van der Waals surface area (Å²) >= 11 is 0. The molecular formula is C16H19NO. The number of aryl methyl sites for hydroxylation is 1. The van der Waals surface area contributed by atoms with Crippen LogP contribution in [0.4, 0.5) is 5.69 Å². The maximum atomic E-state index is 5.62. The van der Waals surface area contributed by atoms with Crippen LogP contribution >= 0.6 is 0 Å². The number of anilines is 1. The van der Waals surface area contributed by atoms with Gasteiger partial charge in [-0.05, 0) is 37.1 Å². The van der Waals surface area contributed by atoms with Crippen LogP contribution in [-0.4, -0.2) is 6.61 Å². The van der Waals surface area contributed by atoms with E-state index in [4.69, 9.17) is 4.74 Å². The lowest BCUT2D eigenvalue weighted by Gasteiger charge is -2.13. The van der Waals surface area contributed by atoms with Gasteiger partial charge in [0.25, 0.3) is 0 Å². The lowest BCUT2D eigenvalue weighted by Crippen LogP contribution is -2.03. The first-order valence-electron chi connectivity index (χ1n) is 6.31. The van der Waals surface area contributed by atoms with Crippen LogP contribution in [0.3, 0.4) is 0 Å². The standard InChI is InChI=1S/C16H19NO/c1-3-18-16-10-9-13(2)11-15(16)17-12-14-7-5-4-6-8-14/h4-11,17H,3,12H2,1-2H3. The van der Waals surface area contributed by atoms with Crippen LogP contribution in [0.5, 0.6) is 5.75 Å². The fourth-order valence-electron chi connectivity index (χ4n) is 1.86. The molecule has 94 valence electrons. The van der Waals surface area contributed by atoms with Crippen molar-refractivity contribution in [3.05, 3.63) is 59.7 Å². The summed E-state index contributed by atoms with van der Waals surface area (Å²) in [6.45, 7) is 5.58. The van der Waals surface area contributed by atoms with Gasteiger partial charge < -0.3 is 10.1 Å². The molecule has 0 aliphatic carbocycles. The molecule has 0 amide bonds. The first kappa shape index (κ1) is 12.5. The molecule has 1 N–H and O–H groups in total. The van der Waals surface area contributed by atoms with E-state index in [1.165, 1.54) is 11.1 Å². The average molecular weight is 241 g/mol. The summed E-state index contributed by atoms with van der Waals surface area (Å²) in [6.07, 6.45) is 0. The van der Waals surface area contributed by atoms with Crippen LogP contribution in [0.25, 0.3) is 0 Å². The Morgan fingerprint density at radius 3 is 2.56 bits per heavy atom. The van der Waals surface area contributed by atoms with E-state index in [0.717, 1.165) is 18.0 Å². The molecule has 0 saturated carbocycles. The number of nitrogens with one attached hydrogen (secondary N) is 1. The topological polar surface area (TPSA) is 21.3 Å². The van der Waals surface area contributed by atoms with Crippen LogP contribution in [-0.2, 0) is 6.54 Å². The molecule has 2 rings (SSSR count). The normalized spacial score (nSPS) is 10.1. The molecule has 0 aromatic heterocycles. The summed E-state index contributed by atoms with van der Waals surface area (Å²) in [5.41, 5.74) is 3.55. The van der Waals surface area contributed by atoms with Gasteiger partial charge in [-0.25, -0.2) is 0 Å². The van der Waals surface area contributed by atoms with Crippen molar-refractivity contribution in [2.45, 2.75) is 20.4 Å². The average Bonchev–Trinajstić information content (AvgIpc) is 2.40. The molecule has 0 saturated heterocycles. The summed E-state index contributed by atoms with van der Waals surface area (Å²) < 4.78 is 5.62. The van der Waals surface area contributed by atoms with Crippen molar-refractivity contribution in [3.8, 4) is 5.75 Å².